The molecule has 0 unspecified atom stereocenters. The number of hydrogen-bond donors (Lipinski definition) is 1. The summed E-state index contributed by atoms with van der Waals surface area (Å²) in [5.41, 5.74) is -0.657. The summed E-state index contributed by atoms with van der Waals surface area (Å²) in [4.78, 5) is 14.2. The molecule has 19 heavy (non-hydrogen) atoms. The Morgan fingerprint density at radius 1 is 1.53 bits per heavy atom. The molecule has 0 aliphatic rings. The predicted octanol–water partition coefficient (Wildman–Crippen LogP) is 2.26. The van der Waals surface area contributed by atoms with Gasteiger partial charge in [-0.25, -0.2) is 4.98 Å². The van der Waals surface area contributed by atoms with Crippen LogP contribution in [-0.2, 0) is 11.0 Å². The molecule has 0 saturated carbocycles. The van der Waals surface area contributed by atoms with E-state index >= 15 is 0 Å². The van der Waals surface area contributed by atoms with Gasteiger partial charge in [-0.1, -0.05) is 12.2 Å². The summed E-state index contributed by atoms with van der Waals surface area (Å²) in [5.74, 6) is -0.133. The molecule has 0 aromatic carbocycles. The van der Waals surface area contributed by atoms with Crippen molar-refractivity contribution in [3.05, 3.63) is 29.5 Å². The highest BCUT2D eigenvalue weighted by Crippen LogP contribution is 2.31. The number of hydrogen-bond acceptors (Lipinski definition) is 3. The van der Waals surface area contributed by atoms with Crippen molar-refractivity contribution in [2.24, 2.45) is 0 Å². The van der Waals surface area contributed by atoms with E-state index in [0.717, 1.165) is 6.07 Å². The average molecular weight is 274 g/mol. The Balaban J connectivity index is 2.93. The maximum Gasteiger partial charge on any atom is 0.417 e. The Morgan fingerprint density at radius 3 is 2.74 bits per heavy atom. The van der Waals surface area contributed by atoms with Crippen LogP contribution in [0.25, 0.3) is 6.08 Å². The van der Waals surface area contributed by atoms with Crippen LogP contribution in [0.5, 0.6) is 5.88 Å². The third kappa shape index (κ3) is 4.61. The first kappa shape index (κ1) is 15.0. The smallest absolute Gasteiger partial charge is 0.417 e. The number of methoxy groups -OCH3 is 1. The molecule has 104 valence electrons. The van der Waals surface area contributed by atoms with Crippen LogP contribution in [0.4, 0.5) is 13.2 Å². The molecule has 0 atom stereocenters. The molecule has 0 aliphatic carbocycles. The second kappa shape index (κ2) is 6.21. The molecule has 0 spiro atoms. The van der Waals surface area contributed by atoms with Crippen molar-refractivity contribution in [1.29, 1.82) is 0 Å². The minimum Gasteiger partial charge on any atom is -0.481 e. The Labute approximate surface area is 108 Å². The molecule has 0 fully saturated rings. The molecule has 7 heteroatoms. The summed E-state index contributed by atoms with van der Waals surface area (Å²) in [6, 6.07) is 0.941. The first-order valence-electron chi connectivity index (χ1n) is 5.37. The lowest BCUT2D eigenvalue weighted by atomic mass is 10.2. The number of rotatable bonds is 4. The topological polar surface area (TPSA) is 51.2 Å². The number of ether oxygens (including phenoxy) is 1. The summed E-state index contributed by atoms with van der Waals surface area (Å²) in [6.07, 6.45) is -0.818. The van der Waals surface area contributed by atoms with E-state index in [-0.39, 0.29) is 23.9 Å². The van der Waals surface area contributed by atoms with Crippen molar-refractivity contribution >= 4 is 12.0 Å². The van der Waals surface area contributed by atoms with Crippen molar-refractivity contribution in [2.45, 2.75) is 13.1 Å². The van der Waals surface area contributed by atoms with Gasteiger partial charge in [-0.05, 0) is 6.07 Å². The number of nitrogens with zero attached hydrogens (tertiary/aromatic N) is 1. The first-order valence-corrected chi connectivity index (χ1v) is 5.37. The molecule has 1 heterocycles. The van der Waals surface area contributed by atoms with E-state index in [1.807, 2.05) is 0 Å². The Bertz CT molecular complexity index is 484. The van der Waals surface area contributed by atoms with E-state index < -0.39 is 11.7 Å². The van der Waals surface area contributed by atoms with Crippen LogP contribution >= 0.6 is 0 Å². The van der Waals surface area contributed by atoms with Crippen LogP contribution < -0.4 is 10.1 Å². The maximum atomic E-state index is 12.5. The van der Waals surface area contributed by atoms with E-state index in [4.69, 9.17) is 4.74 Å². The predicted molar refractivity (Wildman–Crippen MR) is 63.5 cm³/mol. The van der Waals surface area contributed by atoms with Crippen molar-refractivity contribution in [2.75, 3.05) is 13.7 Å². The number of pyridine rings is 1. The number of halogens is 3. The number of alkyl halides is 3. The fraction of sp³-hybridized carbons (Fsp3) is 0.333. The third-order valence-corrected chi connectivity index (χ3v) is 2.17. The van der Waals surface area contributed by atoms with Gasteiger partial charge in [-0.15, -0.1) is 0 Å². The molecule has 0 aliphatic heterocycles. The maximum absolute atomic E-state index is 12.5. The molecular formula is C12H13F3N2O2. The zero-order valence-corrected chi connectivity index (χ0v) is 10.4. The van der Waals surface area contributed by atoms with Gasteiger partial charge in [0.05, 0.1) is 12.7 Å². The van der Waals surface area contributed by atoms with Crippen LogP contribution in [0.3, 0.4) is 0 Å². The number of nitrogens with one attached hydrogen (secondary N) is 1. The monoisotopic (exact) mass is 274 g/mol. The van der Waals surface area contributed by atoms with Crippen LogP contribution in [0.15, 0.2) is 18.3 Å². The molecule has 1 N–H and O–H groups in total. The van der Waals surface area contributed by atoms with Crippen molar-refractivity contribution in [1.82, 2.24) is 10.3 Å². The number of carbonyl (C=O) groups is 1. The largest absolute Gasteiger partial charge is 0.481 e. The molecule has 0 bridgehead atoms. The van der Waals surface area contributed by atoms with Gasteiger partial charge in [0.2, 0.25) is 11.8 Å². The normalized spacial score (nSPS) is 11.6. The average Bonchev–Trinajstić information content (AvgIpc) is 2.33. The summed E-state index contributed by atoms with van der Waals surface area (Å²) >= 11 is 0. The fourth-order valence-corrected chi connectivity index (χ4v) is 1.30. The summed E-state index contributed by atoms with van der Waals surface area (Å²) in [5, 5.41) is 2.49. The Morgan fingerprint density at radius 2 is 2.21 bits per heavy atom. The van der Waals surface area contributed by atoms with E-state index in [2.05, 4.69) is 10.3 Å². The minimum atomic E-state index is -4.46. The summed E-state index contributed by atoms with van der Waals surface area (Å²) < 4.78 is 42.5. The first-order chi connectivity index (χ1) is 8.84. The van der Waals surface area contributed by atoms with E-state index in [1.54, 1.807) is 0 Å². The van der Waals surface area contributed by atoms with Gasteiger partial charge in [-0.3, -0.25) is 4.79 Å². The van der Waals surface area contributed by atoms with E-state index in [9.17, 15) is 18.0 Å². The molecule has 1 aromatic heterocycles. The lowest BCUT2D eigenvalue weighted by Crippen LogP contribution is -2.19. The van der Waals surface area contributed by atoms with Gasteiger partial charge in [-0.2, -0.15) is 13.2 Å². The van der Waals surface area contributed by atoms with Gasteiger partial charge in [0.1, 0.15) is 0 Å². The standard InChI is InChI=1S/C12H13F3N2O2/c1-8(18)16-5-3-4-9-6-10(12(13,14)15)7-17-11(9)19-2/h3-4,6-7H,5H2,1-2H3,(H,16,18). The number of carbonyl (C=O) groups excluding carboxylic acids is 1. The highest BCUT2D eigenvalue weighted by Gasteiger charge is 2.31. The Hall–Kier alpha value is -2.05. The van der Waals surface area contributed by atoms with Crippen LogP contribution in [-0.4, -0.2) is 24.5 Å². The second-order valence-corrected chi connectivity index (χ2v) is 3.66. The number of aromatic nitrogens is 1. The minimum absolute atomic E-state index is 0.0899. The lowest BCUT2D eigenvalue weighted by Gasteiger charge is -2.09. The number of amides is 1. The van der Waals surface area contributed by atoms with Crippen LogP contribution in [0.1, 0.15) is 18.1 Å². The van der Waals surface area contributed by atoms with Crippen LogP contribution in [0, 0.1) is 0 Å². The Kier molecular flexibility index (Phi) is 4.91. The molecule has 0 saturated heterocycles. The zero-order valence-electron chi connectivity index (χ0n) is 10.4. The SMILES string of the molecule is COc1ncc(C(F)(F)F)cc1C=CCNC(C)=O. The summed E-state index contributed by atoms with van der Waals surface area (Å²) in [6.45, 7) is 1.56. The molecule has 1 amide bonds. The van der Waals surface area contributed by atoms with E-state index in [1.165, 1.54) is 26.2 Å². The van der Waals surface area contributed by atoms with E-state index in [0.29, 0.717) is 6.20 Å². The molecule has 1 aromatic rings. The van der Waals surface area contributed by atoms with Gasteiger partial charge >= 0.3 is 6.18 Å². The van der Waals surface area contributed by atoms with Gasteiger partial charge in [0.25, 0.3) is 0 Å². The molecular weight excluding hydrogens is 261 g/mol. The van der Waals surface area contributed by atoms with Crippen molar-refractivity contribution in [3.63, 3.8) is 0 Å². The highest BCUT2D eigenvalue weighted by molar-refractivity contribution is 5.73. The molecule has 4 nitrogen and oxygen atoms in total. The quantitative estimate of drug-likeness (QED) is 0.916. The third-order valence-electron chi connectivity index (χ3n) is 2.17. The molecule has 0 radical (unpaired) electrons. The summed E-state index contributed by atoms with van der Waals surface area (Å²) in [7, 11) is 1.32. The second-order valence-electron chi connectivity index (χ2n) is 3.66. The fourth-order valence-electron chi connectivity index (χ4n) is 1.30. The molecule has 1 rings (SSSR count). The zero-order chi connectivity index (χ0) is 14.5. The van der Waals surface area contributed by atoms with Crippen molar-refractivity contribution < 1.29 is 22.7 Å². The van der Waals surface area contributed by atoms with Crippen LogP contribution in [0.2, 0.25) is 0 Å². The highest BCUT2D eigenvalue weighted by atomic mass is 19.4. The van der Waals surface area contributed by atoms with Gasteiger partial charge in [0, 0.05) is 25.2 Å². The van der Waals surface area contributed by atoms with Crippen molar-refractivity contribution in [3.8, 4) is 5.88 Å². The van der Waals surface area contributed by atoms with Gasteiger partial charge in [0.15, 0.2) is 0 Å². The lowest BCUT2D eigenvalue weighted by molar-refractivity contribution is -0.137. The van der Waals surface area contributed by atoms with Gasteiger partial charge < -0.3 is 10.1 Å².